The van der Waals surface area contributed by atoms with Gasteiger partial charge in [0.25, 0.3) is 0 Å². The minimum absolute atomic E-state index is 0. The molecule has 0 saturated carbocycles. The maximum atomic E-state index is 9.85. The molecule has 0 amide bonds. The van der Waals surface area contributed by atoms with Crippen LogP contribution in [0.3, 0.4) is 0 Å². The van der Waals surface area contributed by atoms with Gasteiger partial charge in [-0.05, 0) is 26.8 Å². The number of aliphatic hydroxyl groups excluding tert-OH is 1. The molecule has 0 saturated heterocycles. The zero-order chi connectivity index (χ0) is 11.4. The number of pyridine rings is 1. The van der Waals surface area contributed by atoms with Crippen molar-refractivity contribution < 1.29 is 9.84 Å². The van der Waals surface area contributed by atoms with Crippen molar-refractivity contribution in [3.63, 3.8) is 0 Å². The second-order valence-electron chi connectivity index (χ2n) is 3.88. The van der Waals surface area contributed by atoms with E-state index in [1.807, 2.05) is 13.8 Å². The number of rotatable bonds is 4. The van der Waals surface area contributed by atoms with Crippen molar-refractivity contribution >= 4 is 12.4 Å². The maximum absolute atomic E-state index is 9.85. The van der Waals surface area contributed by atoms with E-state index in [0.717, 1.165) is 0 Å². The third-order valence-electron chi connectivity index (χ3n) is 1.99. The lowest BCUT2D eigenvalue weighted by Gasteiger charge is -2.19. The number of aromatic nitrogens is 1. The zero-order valence-corrected chi connectivity index (χ0v) is 10.6. The lowest BCUT2D eigenvalue weighted by atomic mass is 10.1. The summed E-state index contributed by atoms with van der Waals surface area (Å²) in [7, 11) is 0. The Morgan fingerprint density at radius 2 is 2.00 bits per heavy atom. The van der Waals surface area contributed by atoms with Crippen molar-refractivity contribution in [3.05, 3.63) is 24.0 Å². The lowest BCUT2D eigenvalue weighted by molar-refractivity contribution is 0.143. The van der Waals surface area contributed by atoms with Gasteiger partial charge in [-0.15, -0.1) is 12.4 Å². The SMILES string of the molecule is CC(C)Oc1ccncc1C(O)[C@@H](C)N.Cl. The highest BCUT2D eigenvalue weighted by molar-refractivity contribution is 5.85. The van der Waals surface area contributed by atoms with Gasteiger partial charge in [-0.2, -0.15) is 0 Å². The van der Waals surface area contributed by atoms with Crippen LogP contribution in [0.2, 0.25) is 0 Å². The molecular weight excluding hydrogens is 228 g/mol. The van der Waals surface area contributed by atoms with E-state index in [2.05, 4.69) is 4.98 Å². The van der Waals surface area contributed by atoms with Crippen molar-refractivity contribution in [1.82, 2.24) is 4.98 Å². The lowest BCUT2D eigenvalue weighted by Crippen LogP contribution is -2.25. The zero-order valence-electron chi connectivity index (χ0n) is 9.75. The maximum Gasteiger partial charge on any atom is 0.128 e. The van der Waals surface area contributed by atoms with Crippen molar-refractivity contribution in [2.45, 2.75) is 39.0 Å². The van der Waals surface area contributed by atoms with E-state index in [4.69, 9.17) is 10.5 Å². The van der Waals surface area contributed by atoms with E-state index >= 15 is 0 Å². The molecule has 0 bridgehead atoms. The van der Waals surface area contributed by atoms with E-state index in [1.54, 1.807) is 25.4 Å². The Balaban J connectivity index is 0.00000225. The Morgan fingerprint density at radius 1 is 1.38 bits per heavy atom. The predicted octanol–water partition coefficient (Wildman–Crippen LogP) is 1.67. The molecule has 0 aliphatic heterocycles. The quantitative estimate of drug-likeness (QED) is 0.848. The van der Waals surface area contributed by atoms with Crippen LogP contribution in [0.5, 0.6) is 5.75 Å². The molecule has 4 nitrogen and oxygen atoms in total. The van der Waals surface area contributed by atoms with Gasteiger partial charge in [-0.25, -0.2) is 0 Å². The average molecular weight is 247 g/mol. The molecule has 0 aromatic carbocycles. The van der Waals surface area contributed by atoms with E-state index in [9.17, 15) is 5.11 Å². The summed E-state index contributed by atoms with van der Waals surface area (Å²) in [6.45, 7) is 5.61. The van der Waals surface area contributed by atoms with Crippen molar-refractivity contribution in [2.24, 2.45) is 5.73 Å². The van der Waals surface area contributed by atoms with Gasteiger partial charge in [-0.1, -0.05) is 0 Å². The van der Waals surface area contributed by atoms with Crippen LogP contribution >= 0.6 is 12.4 Å². The molecule has 0 spiro atoms. The molecule has 1 heterocycles. The Kier molecular flexibility index (Phi) is 6.33. The smallest absolute Gasteiger partial charge is 0.128 e. The van der Waals surface area contributed by atoms with Crippen molar-refractivity contribution in [1.29, 1.82) is 0 Å². The molecule has 0 aliphatic carbocycles. The van der Waals surface area contributed by atoms with Crippen LogP contribution in [-0.4, -0.2) is 22.2 Å². The Bertz CT molecular complexity index is 319. The second kappa shape index (κ2) is 6.68. The number of ether oxygens (including phenoxy) is 1. The molecule has 0 fully saturated rings. The third-order valence-corrected chi connectivity index (χ3v) is 1.99. The first kappa shape index (κ1) is 15.2. The standard InChI is InChI=1S/C11H18N2O2.ClH/c1-7(2)15-10-4-5-13-6-9(10)11(14)8(3)12;/h4-8,11,14H,12H2,1-3H3;1H/t8-,11?;/m1./s1. The van der Waals surface area contributed by atoms with Gasteiger partial charge >= 0.3 is 0 Å². The first-order valence-corrected chi connectivity index (χ1v) is 5.06. The molecule has 92 valence electrons. The molecule has 2 atom stereocenters. The largest absolute Gasteiger partial charge is 0.491 e. The summed E-state index contributed by atoms with van der Waals surface area (Å²) >= 11 is 0. The van der Waals surface area contributed by atoms with Crippen LogP contribution < -0.4 is 10.5 Å². The average Bonchev–Trinajstić information content (AvgIpc) is 2.16. The summed E-state index contributed by atoms with van der Waals surface area (Å²) in [5.41, 5.74) is 6.27. The summed E-state index contributed by atoms with van der Waals surface area (Å²) in [5, 5.41) is 9.85. The molecule has 0 aliphatic rings. The Morgan fingerprint density at radius 3 is 2.50 bits per heavy atom. The first-order chi connectivity index (χ1) is 7.02. The molecule has 3 N–H and O–H groups in total. The van der Waals surface area contributed by atoms with Gasteiger partial charge in [0.15, 0.2) is 0 Å². The molecule has 16 heavy (non-hydrogen) atoms. The number of halogens is 1. The van der Waals surface area contributed by atoms with Crippen LogP contribution in [-0.2, 0) is 0 Å². The normalized spacial score (nSPS) is 14.1. The molecule has 1 unspecified atom stereocenters. The minimum Gasteiger partial charge on any atom is -0.491 e. The third kappa shape index (κ3) is 3.96. The van der Waals surface area contributed by atoms with Crippen LogP contribution in [0.4, 0.5) is 0 Å². The van der Waals surface area contributed by atoms with Gasteiger partial charge in [0.1, 0.15) is 5.75 Å². The van der Waals surface area contributed by atoms with Crippen LogP contribution in [0.1, 0.15) is 32.4 Å². The summed E-state index contributed by atoms with van der Waals surface area (Å²) in [6.07, 6.45) is 2.54. The molecule has 1 rings (SSSR count). The van der Waals surface area contributed by atoms with Crippen molar-refractivity contribution in [3.8, 4) is 5.75 Å². The van der Waals surface area contributed by atoms with Crippen LogP contribution in [0.25, 0.3) is 0 Å². The summed E-state index contributed by atoms with van der Waals surface area (Å²) < 4.78 is 5.56. The van der Waals surface area contributed by atoms with Gasteiger partial charge in [-0.3, -0.25) is 4.98 Å². The van der Waals surface area contributed by atoms with Crippen molar-refractivity contribution in [2.75, 3.05) is 0 Å². The number of nitrogens with zero attached hydrogens (tertiary/aromatic N) is 1. The highest BCUT2D eigenvalue weighted by atomic mass is 35.5. The first-order valence-electron chi connectivity index (χ1n) is 5.06. The molecular formula is C11H19ClN2O2. The molecule has 1 aromatic heterocycles. The van der Waals surface area contributed by atoms with E-state index in [1.165, 1.54) is 0 Å². The fourth-order valence-corrected chi connectivity index (χ4v) is 1.26. The number of nitrogens with two attached hydrogens (primary N) is 1. The van der Waals surface area contributed by atoms with Crippen LogP contribution in [0, 0.1) is 0 Å². The van der Waals surface area contributed by atoms with Gasteiger partial charge in [0, 0.05) is 24.0 Å². The Labute approximate surface area is 102 Å². The van der Waals surface area contributed by atoms with Crippen LogP contribution in [0.15, 0.2) is 18.5 Å². The number of hydrogen-bond donors (Lipinski definition) is 2. The highest BCUT2D eigenvalue weighted by Crippen LogP contribution is 2.26. The van der Waals surface area contributed by atoms with Gasteiger partial charge in [0.05, 0.1) is 12.2 Å². The van der Waals surface area contributed by atoms with E-state index in [-0.39, 0.29) is 24.6 Å². The van der Waals surface area contributed by atoms with Gasteiger partial charge in [0.2, 0.25) is 0 Å². The fourth-order valence-electron chi connectivity index (χ4n) is 1.26. The minimum atomic E-state index is -0.743. The summed E-state index contributed by atoms with van der Waals surface area (Å²) in [6, 6.07) is 1.39. The van der Waals surface area contributed by atoms with E-state index < -0.39 is 6.10 Å². The summed E-state index contributed by atoms with van der Waals surface area (Å²) in [5.74, 6) is 0.643. The van der Waals surface area contributed by atoms with Gasteiger partial charge < -0.3 is 15.6 Å². The highest BCUT2D eigenvalue weighted by Gasteiger charge is 2.17. The molecule has 1 aromatic rings. The molecule has 0 radical (unpaired) electrons. The predicted molar refractivity (Wildman–Crippen MR) is 65.9 cm³/mol. The topological polar surface area (TPSA) is 68.4 Å². The fraction of sp³-hybridized carbons (Fsp3) is 0.545. The monoisotopic (exact) mass is 246 g/mol. The second-order valence-corrected chi connectivity index (χ2v) is 3.88. The Hall–Kier alpha value is -0.840. The number of hydrogen-bond acceptors (Lipinski definition) is 4. The van der Waals surface area contributed by atoms with E-state index in [0.29, 0.717) is 11.3 Å². The number of aliphatic hydroxyl groups is 1. The summed E-state index contributed by atoms with van der Waals surface area (Å²) in [4.78, 5) is 3.96. The molecule has 5 heteroatoms.